The van der Waals surface area contributed by atoms with Crippen molar-refractivity contribution in [1.29, 1.82) is 0 Å². The van der Waals surface area contributed by atoms with Gasteiger partial charge in [0.25, 0.3) is 0 Å². The molecule has 2 aromatic carbocycles. The van der Waals surface area contributed by atoms with Crippen molar-refractivity contribution in [3.8, 4) is 11.4 Å². The van der Waals surface area contributed by atoms with Gasteiger partial charge in [0.2, 0.25) is 0 Å². The molecule has 0 fully saturated rings. The number of hydrogen-bond acceptors (Lipinski definition) is 2. The highest BCUT2D eigenvalue weighted by Crippen LogP contribution is 2.30. The van der Waals surface area contributed by atoms with Gasteiger partial charge >= 0.3 is 0 Å². The van der Waals surface area contributed by atoms with Crippen molar-refractivity contribution < 1.29 is 0 Å². The van der Waals surface area contributed by atoms with Gasteiger partial charge in [-0.15, -0.1) is 0 Å². The molecule has 3 nitrogen and oxygen atoms in total. The van der Waals surface area contributed by atoms with Gasteiger partial charge in [0.15, 0.2) is 0 Å². The van der Waals surface area contributed by atoms with E-state index < -0.39 is 0 Å². The van der Waals surface area contributed by atoms with Crippen LogP contribution in [0.4, 0.5) is 5.69 Å². The highest BCUT2D eigenvalue weighted by Gasteiger charge is 2.12. The zero-order valence-electron chi connectivity index (χ0n) is 10.2. The molecule has 0 amide bonds. The molecular weight excluding hydrogens is 281 g/mol. The third kappa shape index (κ3) is 1.95. The number of aryl methyl sites for hydroxylation is 1. The Kier molecular flexibility index (Phi) is 2.88. The predicted octanol–water partition coefficient (Wildman–Crippen LogP) is 4.13. The summed E-state index contributed by atoms with van der Waals surface area (Å²) in [5.74, 6) is 0.812. The summed E-state index contributed by atoms with van der Waals surface area (Å²) in [7, 11) is 1.95. The number of nitrogen functional groups attached to an aromatic ring is 1. The summed E-state index contributed by atoms with van der Waals surface area (Å²) in [5, 5.41) is 1.04. The smallest absolute Gasteiger partial charge is 0.141 e. The van der Waals surface area contributed by atoms with Crippen molar-refractivity contribution in [2.75, 3.05) is 5.73 Å². The maximum atomic E-state index is 6.05. The molecule has 96 valence electrons. The van der Waals surface area contributed by atoms with E-state index in [0.29, 0.717) is 15.7 Å². The van der Waals surface area contributed by atoms with Crippen molar-refractivity contribution in [2.45, 2.75) is 0 Å². The number of hydrogen-bond donors (Lipinski definition) is 1. The molecule has 0 radical (unpaired) electrons. The number of para-hydroxylation sites is 1. The standard InChI is InChI=1S/C14H11Cl2N3/c1-19-12-4-2-3-11(17)13(12)18-14(19)8-5-6-9(15)10(16)7-8/h2-7H,17H2,1H3. The van der Waals surface area contributed by atoms with Gasteiger partial charge in [0, 0.05) is 12.6 Å². The quantitative estimate of drug-likeness (QED) is 0.685. The van der Waals surface area contributed by atoms with Crippen LogP contribution in [0.1, 0.15) is 0 Å². The van der Waals surface area contributed by atoms with E-state index in [9.17, 15) is 0 Å². The van der Waals surface area contributed by atoms with Gasteiger partial charge in [-0.05, 0) is 30.3 Å². The van der Waals surface area contributed by atoms with Gasteiger partial charge in [-0.2, -0.15) is 0 Å². The molecule has 19 heavy (non-hydrogen) atoms. The van der Waals surface area contributed by atoms with E-state index in [-0.39, 0.29) is 0 Å². The zero-order valence-corrected chi connectivity index (χ0v) is 11.7. The van der Waals surface area contributed by atoms with E-state index in [0.717, 1.165) is 22.4 Å². The number of anilines is 1. The summed E-state index contributed by atoms with van der Waals surface area (Å²) in [6, 6.07) is 11.2. The van der Waals surface area contributed by atoms with Crippen molar-refractivity contribution in [3.63, 3.8) is 0 Å². The van der Waals surface area contributed by atoms with Crippen LogP contribution >= 0.6 is 23.2 Å². The molecule has 0 aliphatic rings. The van der Waals surface area contributed by atoms with E-state index in [2.05, 4.69) is 4.98 Å². The largest absolute Gasteiger partial charge is 0.397 e. The van der Waals surface area contributed by atoms with Crippen LogP contribution in [0.3, 0.4) is 0 Å². The van der Waals surface area contributed by atoms with Gasteiger partial charge in [0.1, 0.15) is 11.3 Å². The van der Waals surface area contributed by atoms with E-state index in [1.54, 1.807) is 12.1 Å². The fourth-order valence-corrected chi connectivity index (χ4v) is 2.43. The number of nitrogens with zero attached hydrogens (tertiary/aromatic N) is 2. The van der Waals surface area contributed by atoms with Crippen LogP contribution in [0.15, 0.2) is 36.4 Å². The van der Waals surface area contributed by atoms with Crippen LogP contribution in [-0.2, 0) is 7.05 Å². The number of halogens is 2. The summed E-state index contributed by atoms with van der Waals surface area (Å²) >= 11 is 12.0. The molecule has 0 atom stereocenters. The molecule has 3 aromatic rings. The van der Waals surface area contributed by atoms with Crippen LogP contribution in [0.2, 0.25) is 10.0 Å². The summed E-state index contributed by atoms with van der Waals surface area (Å²) in [6.45, 7) is 0. The normalized spacial score (nSPS) is 11.1. The lowest BCUT2D eigenvalue weighted by Gasteiger charge is -2.03. The maximum Gasteiger partial charge on any atom is 0.141 e. The summed E-state index contributed by atoms with van der Waals surface area (Å²) in [4.78, 5) is 4.59. The van der Waals surface area contributed by atoms with Crippen molar-refractivity contribution in [3.05, 3.63) is 46.4 Å². The highest BCUT2D eigenvalue weighted by molar-refractivity contribution is 6.42. The molecule has 3 rings (SSSR count). The third-order valence-corrected chi connectivity index (χ3v) is 3.86. The van der Waals surface area contributed by atoms with Gasteiger partial charge in [-0.3, -0.25) is 0 Å². The summed E-state index contributed by atoms with van der Waals surface area (Å²) < 4.78 is 1.99. The molecule has 1 heterocycles. The first kappa shape index (κ1) is 12.3. The fraction of sp³-hybridized carbons (Fsp3) is 0.0714. The van der Waals surface area contributed by atoms with Gasteiger partial charge in [0.05, 0.1) is 21.2 Å². The molecular formula is C14H11Cl2N3. The molecule has 2 N–H and O–H groups in total. The van der Waals surface area contributed by atoms with E-state index >= 15 is 0 Å². The highest BCUT2D eigenvalue weighted by atomic mass is 35.5. The summed E-state index contributed by atoms with van der Waals surface area (Å²) in [5.41, 5.74) is 9.31. The maximum absolute atomic E-state index is 6.05. The molecule has 0 saturated carbocycles. The zero-order chi connectivity index (χ0) is 13.6. The Hall–Kier alpha value is -1.71. The Labute approximate surface area is 120 Å². The van der Waals surface area contributed by atoms with Crippen molar-refractivity contribution in [1.82, 2.24) is 9.55 Å². The predicted molar refractivity (Wildman–Crippen MR) is 80.6 cm³/mol. The van der Waals surface area contributed by atoms with E-state index in [4.69, 9.17) is 28.9 Å². The monoisotopic (exact) mass is 291 g/mol. The minimum Gasteiger partial charge on any atom is -0.397 e. The van der Waals surface area contributed by atoms with Gasteiger partial charge in [-0.1, -0.05) is 29.3 Å². The minimum absolute atomic E-state index is 0.513. The minimum atomic E-state index is 0.513. The van der Waals surface area contributed by atoms with Crippen molar-refractivity contribution >= 4 is 39.9 Å². The summed E-state index contributed by atoms with van der Waals surface area (Å²) in [6.07, 6.45) is 0. The van der Waals surface area contributed by atoms with Crippen LogP contribution in [0.5, 0.6) is 0 Å². The number of nitrogens with two attached hydrogens (primary N) is 1. The topological polar surface area (TPSA) is 43.8 Å². The fourth-order valence-electron chi connectivity index (χ4n) is 2.13. The molecule has 5 heteroatoms. The van der Waals surface area contributed by atoms with Crippen molar-refractivity contribution in [2.24, 2.45) is 7.05 Å². The first-order valence-electron chi connectivity index (χ1n) is 5.74. The van der Waals surface area contributed by atoms with E-state index in [1.165, 1.54) is 0 Å². The van der Waals surface area contributed by atoms with Crippen LogP contribution in [-0.4, -0.2) is 9.55 Å². The Balaban J connectivity index is 2.28. The lowest BCUT2D eigenvalue weighted by Crippen LogP contribution is -1.92. The average Bonchev–Trinajstić information content (AvgIpc) is 2.72. The van der Waals surface area contributed by atoms with Gasteiger partial charge < -0.3 is 10.3 Å². The van der Waals surface area contributed by atoms with Crippen LogP contribution < -0.4 is 5.73 Å². The second-order valence-corrected chi connectivity index (χ2v) is 5.15. The number of imidazole rings is 1. The second kappa shape index (κ2) is 4.44. The Morgan fingerprint density at radius 3 is 2.58 bits per heavy atom. The molecule has 0 aliphatic heterocycles. The number of rotatable bonds is 1. The lowest BCUT2D eigenvalue weighted by molar-refractivity contribution is 0.959. The second-order valence-electron chi connectivity index (χ2n) is 4.34. The molecule has 0 aliphatic carbocycles. The SMILES string of the molecule is Cn1c(-c2ccc(Cl)c(Cl)c2)nc2c(N)cccc21. The Bertz CT molecular complexity index is 778. The molecule has 0 saturated heterocycles. The van der Waals surface area contributed by atoms with Crippen LogP contribution in [0.25, 0.3) is 22.4 Å². The molecule has 0 spiro atoms. The average molecular weight is 292 g/mol. The molecule has 0 bridgehead atoms. The molecule has 0 unspecified atom stereocenters. The number of aromatic nitrogens is 2. The number of benzene rings is 2. The lowest BCUT2D eigenvalue weighted by atomic mass is 10.2. The number of fused-ring (bicyclic) bond motifs is 1. The van der Waals surface area contributed by atoms with E-state index in [1.807, 2.05) is 35.9 Å². The first-order chi connectivity index (χ1) is 9.08. The Morgan fingerprint density at radius 2 is 1.89 bits per heavy atom. The van der Waals surface area contributed by atoms with Crippen LogP contribution in [0, 0.1) is 0 Å². The molecule has 1 aromatic heterocycles. The Morgan fingerprint density at radius 1 is 1.11 bits per heavy atom. The van der Waals surface area contributed by atoms with Gasteiger partial charge in [-0.25, -0.2) is 4.98 Å². The third-order valence-electron chi connectivity index (χ3n) is 3.12. The first-order valence-corrected chi connectivity index (χ1v) is 6.50.